The Hall–Kier alpha value is -2.34. The Bertz CT molecular complexity index is 1230. The monoisotopic (exact) mass is 497 g/mol. The summed E-state index contributed by atoms with van der Waals surface area (Å²) in [6.07, 6.45) is 1.49. The zero-order valence-electron chi connectivity index (χ0n) is 18.1. The largest absolute Gasteiger partial charge is 0.495 e. The molecule has 1 amide bonds. The van der Waals surface area contributed by atoms with Crippen molar-refractivity contribution in [1.82, 2.24) is 18.9 Å². The molecule has 0 fully saturated rings. The maximum Gasteiger partial charge on any atom is 0.244 e. The number of nitrogens with zero attached hydrogens (tertiary/aromatic N) is 4. The summed E-state index contributed by atoms with van der Waals surface area (Å²) in [5.41, 5.74) is 1.02. The summed E-state index contributed by atoms with van der Waals surface area (Å²) < 4.78 is 33.8. The zero-order chi connectivity index (χ0) is 23.5. The van der Waals surface area contributed by atoms with Gasteiger partial charge in [-0.2, -0.15) is 4.31 Å². The first-order chi connectivity index (χ1) is 15.2. The minimum Gasteiger partial charge on any atom is -0.495 e. The Morgan fingerprint density at radius 1 is 1.25 bits per heavy atom. The summed E-state index contributed by atoms with van der Waals surface area (Å²) in [6.45, 7) is 6.04. The van der Waals surface area contributed by atoms with Gasteiger partial charge in [-0.25, -0.2) is 8.42 Å². The molecule has 12 heteroatoms. The third-order valence-corrected chi connectivity index (χ3v) is 8.14. The Morgan fingerprint density at radius 2 is 1.97 bits per heavy atom. The van der Waals surface area contributed by atoms with Crippen LogP contribution >= 0.6 is 23.4 Å². The molecule has 1 N–H and O–H groups in total. The second-order valence-corrected chi connectivity index (χ2v) is 10.4. The fourth-order valence-electron chi connectivity index (χ4n) is 3.00. The number of anilines is 1. The first kappa shape index (κ1) is 24.3. The van der Waals surface area contributed by atoms with Crippen molar-refractivity contribution in [3.8, 4) is 5.75 Å². The minimum absolute atomic E-state index is 0.139. The van der Waals surface area contributed by atoms with Crippen molar-refractivity contribution in [3.05, 3.63) is 41.6 Å². The third-order valence-electron chi connectivity index (χ3n) is 4.76. The van der Waals surface area contributed by atoms with E-state index < -0.39 is 15.3 Å². The Labute approximate surface area is 196 Å². The molecule has 3 rings (SSSR count). The highest BCUT2D eigenvalue weighted by molar-refractivity contribution is 8.00. The molecule has 3 aromatic rings. The quantitative estimate of drug-likeness (QED) is 0.450. The summed E-state index contributed by atoms with van der Waals surface area (Å²) in [4.78, 5) is 12.8. The number of rotatable bonds is 9. The molecule has 0 saturated heterocycles. The lowest BCUT2D eigenvalue weighted by Gasteiger charge is -2.18. The third kappa shape index (κ3) is 5.01. The molecular weight excluding hydrogens is 474 g/mol. The maximum atomic E-state index is 12.9. The maximum absolute atomic E-state index is 12.9. The Morgan fingerprint density at radius 3 is 2.59 bits per heavy atom. The van der Waals surface area contributed by atoms with Crippen LogP contribution in [0, 0.1) is 0 Å². The zero-order valence-corrected chi connectivity index (χ0v) is 20.5. The van der Waals surface area contributed by atoms with Gasteiger partial charge in [-0.05, 0) is 37.3 Å². The van der Waals surface area contributed by atoms with Crippen molar-refractivity contribution >= 4 is 50.6 Å². The van der Waals surface area contributed by atoms with Gasteiger partial charge in [0.1, 0.15) is 5.75 Å². The van der Waals surface area contributed by atoms with Crippen LogP contribution in [0.3, 0.4) is 0 Å². The number of halogens is 1. The minimum atomic E-state index is -3.64. The molecule has 2 heterocycles. The second-order valence-electron chi connectivity index (χ2n) is 6.76. The van der Waals surface area contributed by atoms with Crippen LogP contribution in [-0.4, -0.2) is 58.7 Å². The normalized spacial score (nSPS) is 12.8. The molecule has 1 unspecified atom stereocenters. The fourth-order valence-corrected chi connectivity index (χ4v) is 5.54. The van der Waals surface area contributed by atoms with Gasteiger partial charge in [0.2, 0.25) is 15.9 Å². The number of aromatic nitrogens is 3. The van der Waals surface area contributed by atoms with Crippen LogP contribution in [-0.2, 0) is 14.8 Å². The van der Waals surface area contributed by atoms with E-state index in [1.165, 1.54) is 35.4 Å². The Kier molecular flexibility index (Phi) is 7.65. The summed E-state index contributed by atoms with van der Waals surface area (Å²) in [5, 5.41) is 11.3. The standard InChI is InChI=1S/C20H24ClN5O4S2/c1-5-25(6-2)32(28,29)15-8-10-18-23-24-20(26(18)12-15)31-13(3)19(27)22-14-7-9-17(30-4)16(21)11-14/h7-13H,5-6H2,1-4H3,(H,22,27). The number of thioether (sulfide) groups is 1. The van der Waals surface area contributed by atoms with E-state index in [-0.39, 0.29) is 10.8 Å². The van der Waals surface area contributed by atoms with Crippen LogP contribution in [0.1, 0.15) is 20.8 Å². The van der Waals surface area contributed by atoms with Gasteiger partial charge in [-0.1, -0.05) is 37.2 Å². The van der Waals surface area contributed by atoms with Gasteiger partial charge >= 0.3 is 0 Å². The number of ether oxygens (including phenoxy) is 1. The molecule has 172 valence electrons. The molecule has 0 aliphatic carbocycles. The van der Waals surface area contributed by atoms with Gasteiger partial charge in [-0.3, -0.25) is 9.20 Å². The van der Waals surface area contributed by atoms with E-state index in [1.807, 2.05) is 0 Å². The van der Waals surface area contributed by atoms with Crippen LogP contribution in [0.5, 0.6) is 5.75 Å². The van der Waals surface area contributed by atoms with Gasteiger partial charge in [0.15, 0.2) is 10.8 Å². The highest BCUT2D eigenvalue weighted by Gasteiger charge is 2.24. The summed E-state index contributed by atoms with van der Waals surface area (Å²) >= 11 is 7.28. The fraction of sp³-hybridized carbons (Fsp3) is 0.350. The summed E-state index contributed by atoms with van der Waals surface area (Å²) in [6, 6.07) is 8.07. The number of hydrogen-bond donors (Lipinski definition) is 1. The lowest BCUT2D eigenvalue weighted by Crippen LogP contribution is -2.30. The molecule has 1 atom stereocenters. The van der Waals surface area contributed by atoms with Crippen LogP contribution < -0.4 is 10.1 Å². The predicted molar refractivity (Wildman–Crippen MR) is 125 cm³/mol. The van der Waals surface area contributed by atoms with E-state index in [9.17, 15) is 13.2 Å². The van der Waals surface area contributed by atoms with Crippen molar-refractivity contribution in [2.75, 3.05) is 25.5 Å². The molecule has 0 bridgehead atoms. The van der Waals surface area contributed by atoms with Gasteiger partial charge in [0, 0.05) is 25.0 Å². The molecular formula is C20H24ClN5O4S2. The number of methoxy groups -OCH3 is 1. The number of benzene rings is 1. The molecule has 32 heavy (non-hydrogen) atoms. The second kappa shape index (κ2) is 10.1. The number of carbonyl (C=O) groups is 1. The summed E-state index contributed by atoms with van der Waals surface area (Å²) in [7, 11) is -2.12. The van der Waals surface area contributed by atoms with E-state index in [1.54, 1.807) is 49.4 Å². The van der Waals surface area contributed by atoms with Gasteiger partial charge in [0.05, 0.1) is 22.3 Å². The number of sulfonamides is 1. The van der Waals surface area contributed by atoms with Crippen molar-refractivity contribution in [2.45, 2.75) is 36.1 Å². The van der Waals surface area contributed by atoms with Crippen molar-refractivity contribution in [2.24, 2.45) is 0 Å². The average Bonchev–Trinajstić information content (AvgIpc) is 3.16. The lowest BCUT2D eigenvalue weighted by molar-refractivity contribution is -0.115. The molecule has 9 nitrogen and oxygen atoms in total. The van der Waals surface area contributed by atoms with Crippen LogP contribution in [0.4, 0.5) is 5.69 Å². The summed E-state index contributed by atoms with van der Waals surface area (Å²) in [5.74, 6) is 0.248. The number of carbonyl (C=O) groups excluding carboxylic acids is 1. The topological polar surface area (TPSA) is 106 Å². The molecule has 2 aromatic heterocycles. The van der Waals surface area contributed by atoms with Crippen molar-refractivity contribution in [1.29, 1.82) is 0 Å². The molecule has 0 aliphatic heterocycles. The van der Waals surface area contributed by atoms with E-state index >= 15 is 0 Å². The molecule has 0 saturated carbocycles. The smallest absolute Gasteiger partial charge is 0.244 e. The lowest BCUT2D eigenvalue weighted by atomic mass is 10.3. The number of hydrogen-bond acceptors (Lipinski definition) is 7. The van der Waals surface area contributed by atoms with E-state index in [2.05, 4.69) is 15.5 Å². The number of nitrogens with one attached hydrogen (secondary N) is 1. The molecule has 0 radical (unpaired) electrons. The number of pyridine rings is 1. The SMILES string of the molecule is CCN(CC)S(=O)(=O)c1ccc2nnc(SC(C)C(=O)Nc3ccc(OC)c(Cl)c3)n2c1. The van der Waals surface area contributed by atoms with Crippen LogP contribution in [0.2, 0.25) is 5.02 Å². The van der Waals surface area contributed by atoms with Gasteiger partial charge < -0.3 is 10.1 Å². The van der Waals surface area contributed by atoms with Gasteiger partial charge in [0.25, 0.3) is 0 Å². The molecule has 0 aliphatic rings. The van der Waals surface area contributed by atoms with Crippen molar-refractivity contribution in [3.63, 3.8) is 0 Å². The highest BCUT2D eigenvalue weighted by atomic mass is 35.5. The molecule has 1 aromatic carbocycles. The van der Waals surface area contributed by atoms with Crippen molar-refractivity contribution < 1.29 is 17.9 Å². The predicted octanol–water partition coefficient (Wildman–Crippen LogP) is 3.54. The average molecular weight is 498 g/mol. The van der Waals surface area contributed by atoms with E-state index in [0.717, 1.165) is 0 Å². The number of amides is 1. The van der Waals surface area contributed by atoms with Crippen LogP contribution in [0.15, 0.2) is 46.6 Å². The van der Waals surface area contributed by atoms with Gasteiger partial charge in [-0.15, -0.1) is 10.2 Å². The van der Waals surface area contributed by atoms with E-state index in [0.29, 0.717) is 40.4 Å². The van der Waals surface area contributed by atoms with Crippen LogP contribution in [0.25, 0.3) is 5.65 Å². The Balaban J connectivity index is 1.81. The first-order valence-electron chi connectivity index (χ1n) is 9.87. The van der Waals surface area contributed by atoms with E-state index in [4.69, 9.17) is 16.3 Å². The molecule has 0 spiro atoms. The first-order valence-corrected chi connectivity index (χ1v) is 12.6. The number of fused-ring (bicyclic) bond motifs is 1. The highest BCUT2D eigenvalue weighted by Crippen LogP contribution is 2.29.